The smallest absolute Gasteiger partial charge is 0.475 e. The normalized spacial score (nSPS) is 11.8. The first-order valence-electron chi connectivity index (χ1n) is 10.5. The molecule has 3 N–H and O–H groups in total. The number of nitrogens with zero attached hydrogens (tertiary/aromatic N) is 4. The van der Waals surface area contributed by atoms with E-state index in [0.29, 0.717) is 22.2 Å². The summed E-state index contributed by atoms with van der Waals surface area (Å²) >= 11 is 1.29. The number of aliphatic carboxylic acids is 1. The Morgan fingerprint density at radius 3 is 2.57 bits per heavy atom. The summed E-state index contributed by atoms with van der Waals surface area (Å²) in [6.07, 6.45) is -0.0332. The van der Waals surface area contributed by atoms with Gasteiger partial charge in [0.2, 0.25) is 5.13 Å². The number of nitrogens with one attached hydrogen (secondary N) is 2. The van der Waals surface area contributed by atoms with Gasteiger partial charge in [-0.05, 0) is 47.5 Å². The topological polar surface area (TPSA) is 129 Å². The van der Waals surface area contributed by atoms with Crippen LogP contribution in [0, 0.1) is 0 Å². The molecule has 0 saturated heterocycles. The molecule has 1 aliphatic heterocycles. The lowest BCUT2D eigenvalue weighted by molar-refractivity contribution is -0.192. The highest BCUT2D eigenvalue weighted by Crippen LogP contribution is 2.27. The van der Waals surface area contributed by atoms with E-state index in [1.54, 1.807) is 18.3 Å². The summed E-state index contributed by atoms with van der Waals surface area (Å²) in [5, 5.41) is 14.0. The molecule has 0 radical (unpaired) electrons. The number of fused-ring (bicyclic) bond motifs is 1. The van der Waals surface area contributed by atoms with E-state index in [9.17, 15) is 18.0 Å². The summed E-state index contributed by atoms with van der Waals surface area (Å²) < 4.78 is 36.2. The molecule has 4 aromatic rings. The molecule has 0 spiro atoms. The number of rotatable bonds is 5. The molecule has 0 bridgehead atoms. The lowest BCUT2D eigenvalue weighted by atomic mass is 10.1. The van der Waals surface area contributed by atoms with Crippen LogP contribution in [-0.4, -0.2) is 43.7 Å². The molecule has 0 unspecified atom stereocenters. The third-order valence-corrected chi connectivity index (χ3v) is 5.49. The van der Waals surface area contributed by atoms with Crippen LogP contribution in [0.2, 0.25) is 0 Å². The van der Waals surface area contributed by atoms with Gasteiger partial charge in [0.1, 0.15) is 0 Å². The molecule has 0 saturated carbocycles. The van der Waals surface area contributed by atoms with E-state index < -0.39 is 12.1 Å². The van der Waals surface area contributed by atoms with Crippen LogP contribution < -0.4 is 10.6 Å². The molecular formula is C24H17F3N6O3S. The second-order valence-electron chi connectivity index (χ2n) is 7.51. The molecule has 13 heteroatoms. The Hall–Kier alpha value is -4.65. The highest BCUT2D eigenvalue weighted by molar-refractivity contribution is 7.09. The minimum absolute atomic E-state index is 0.214. The number of hydrogen-bond acceptors (Lipinski definition) is 8. The lowest BCUT2D eigenvalue weighted by Gasteiger charge is -2.06. The van der Waals surface area contributed by atoms with Crippen molar-refractivity contribution in [1.29, 1.82) is 0 Å². The average Bonchev–Trinajstić information content (AvgIpc) is 3.54. The number of carbonyl (C=O) groups excluding carboxylic acids is 1. The zero-order chi connectivity index (χ0) is 26.4. The van der Waals surface area contributed by atoms with Crippen molar-refractivity contribution in [3.8, 4) is 11.4 Å². The Balaban J connectivity index is 0.000000405. The van der Waals surface area contributed by atoms with E-state index in [-0.39, 0.29) is 5.91 Å². The number of carboxylic acids is 1. The number of alkyl halides is 3. The first kappa shape index (κ1) is 25.4. The molecule has 0 atom stereocenters. The van der Waals surface area contributed by atoms with Gasteiger partial charge in [-0.25, -0.2) is 4.79 Å². The number of anilines is 3. The Morgan fingerprint density at radius 2 is 1.84 bits per heavy atom. The average molecular weight is 527 g/mol. The molecule has 0 fully saturated rings. The van der Waals surface area contributed by atoms with Crippen molar-refractivity contribution >= 4 is 46.1 Å². The highest BCUT2D eigenvalue weighted by atomic mass is 32.1. The van der Waals surface area contributed by atoms with Gasteiger partial charge in [0.05, 0.1) is 12.1 Å². The maximum Gasteiger partial charge on any atom is 0.490 e. The standard InChI is InChI=1S/C22H16N6OS.C2HF3O2/c29-21(16-4-2-8-23-12-16)25-18-5-1-3-14(9-18)20-27-22(30-28-20)26-19-7-6-15-11-24-13-17(15)10-19;3-2(4,5)1(6)7/h1-10,12-13H,11H2,(H,25,29)(H,26,27,28);(H,6,7). The molecule has 5 rings (SSSR count). The van der Waals surface area contributed by atoms with Crippen molar-refractivity contribution in [2.24, 2.45) is 4.99 Å². The van der Waals surface area contributed by atoms with E-state index in [0.717, 1.165) is 23.4 Å². The second kappa shape index (κ2) is 11.0. The number of pyridine rings is 1. The highest BCUT2D eigenvalue weighted by Gasteiger charge is 2.38. The van der Waals surface area contributed by atoms with Crippen molar-refractivity contribution in [1.82, 2.24) is 14.3 Å². The fourth-order valence-corrected chi connectivity index (χ4v) is 3.74. The number of carboxylic acid groups (broad SMARTS) is 1. The first-order chi connectivity index (χ1) is 17.7. The quantitative estimate of drug-likeness (QED) is 0.327. The van der Waals surface area contributed by atoms with Crippen LogP contribution in [0.3, 0.4) is 0 Å². The summed E-state index contributed by atoms with van der Waals surface area (Å²) in [6, 6.07) is 17.1. The predicted octanol–water partition coefficient (Wildman–Crippen LogP) is 5.16. The first-order valence-corrected chi connectivity index (χ1v) is 11.3. The van der Waals surface area contributed by atoms with Crippen molar-refractivity contribution in [2.75, 3.05) is 10.6 Å². The fraction of sp³-hybridized carbons (Fsp3) is 0.0833. The summed E-state index contributed by atoms with van der Waals surface area (Å²) in [6.45, 7) is 0.742. The van der Waals surface area contributed by atoms with Crippen LogP contribution in [0.25, 0.3) is 11.4 Å². The van der Waals surface area contributed by atoms with Crippen LogP contribution in [0.15, 0.2) is 72.0 Å². The van der Waals surface area contributed by atoms with Gasteiger partial charge < -0.3 is 15.7 Å². The van der Waals surface area contributed by atoms with Gasteiger partial charge in [0.25, 0.3) is 5.91 Å². The van der Waals surface area contributed by atoms with Gasteiger partial charge in [-0.15, -0.1) is 0 Å². The third kappa shape index (κ3) is 6.73. The molecule has 1 aliphatic rings. The number of halogens is 3. The Labute approximate surface area is 211 Å². The molecule has 1 amide bonds. The predicted molar refractivity (Wildman–Crippen MR) is 132 cm³/mol. The van der Waals surface area contributed by atoms with Crippen LogP contribution in [0.5, 0.6) is 0 Å². The van der Waals surface area contributed by atoms with Crippen LogP contribution in [-0.2, 0) is 11.3 Å². The number of benzene rings is 2. The van der Waals surface area contributed by atoms with Gasteiger partial charge in [-0.2, -0.15) is 22.5 Å². The van der Waals surface area contributed by atoms with Crippen LogP contribution in [0.4, 0.5) is 29.7 Å². The molecule has 3 heterocycles. The summed E-state index contributed by atoms with van der Waals surface area (Å²) in [7, 11) is 0. The van der Waals surface area contributed by atoms with Gasteiger partial charge in [0.15, 0.2) is 5.82 Å². The van der Waals surface area contributed by atoms with Gasteiger partial charge in [0, 0.05) is 47.1 Å². The summed E-state index contributed by atoms with van der Waals surface area (Å²) in [4.78, 5) is 34.1. The number of hydrogen-bond donors (Lipinski definition) is 3. The fourth-order valence-electron chi connectivity index (χ4n) is 3.13. The molecule has 2 aromatic carbocycles. The number of aromatic nitrogens is 3. The molecule has 37 heavy (non-hydrogen) atoms. The van der Waals surface area contributed by atoms with Crippen molar-refractivity contribution in [2.45, 2.75) is 12.7 Å². The number of aliphatic imine (C=N–C) groups is 1. The molecular weight excluding hydrogens is 509 g/mol. The van der Waals surface area contributed by atoms with E-state index >= 15 is 0 Å². The molecule has 0 aliphatic carbocycles. The molecule has 9 nitrogen and oxygen atoms in total. The molecule has 188 valence electrons. The van der Waals surface area contributed by atoms with Crippen molar-refractivity contribution in [3.63, 3.8) is 0 Å². The Kier molecular flexibility index (Phi) is 7.53. The SMILES string of the molecule is O=C(Nc1cccc(-c2nsc(Nc3ccc4c(c3)C=NC4)n2)c1)c1cccnc1.O=C(O)C(F)(F)F. The monoisotopic (exact) mass is 526 g/mol. The largest absolute Gasteiger partial charge is 0.490 e. The zero-order valence-corrected chi connectivity index (χ0v) is 19.5. The zero-order valence-electron chi connectivity index (χ0n) is 18.7. The van der Waals surface area contributed by atoms with Gasteiger partial charge in [-0.3, -0.25) is 14.8 Å². The number of amides is 1. The minimum Gasteiger partial charge on any atom is -0.475 e. The minimum atomic E-state index is -5.08. The lowest BCUT2D eigenvalue weighted by Crippen LogP contribution is -2.21. The Bertz CT molecular complexity index is 1460. The Morgan fingerprint density at radius 1 is 1.03 bits per heavy atom. The summed E-state index contributed by atoms with van der Waals surface area (Å²) in [5.74, 6) is -2.37. The van der Waals surface area contributed by atoms with E-state index in [1.165, 1.54) is 23.3 Å². The van der Waals surface area contributed by atoms with E-state index in [4.69, 9.17) is 9.90 Å². The van der Waals surface area contributed by atoms with Crippen LogP contribution in [0.1, 0.15) is 21.5 Å². The van der Waals surface area contributed by atoms with Crippen molar-refractivity contribution in [3.05, 3.63) is 83.7 Å². The maximum absolute atomic E-state index is 12.4. The van der Waals surface area contributed by atoms with Crippen LogP contribution >= 0.6 is 11.5 Å². The van der Waals surface area contributed by atoms with Gasteiger partial charge in [-0.1, -0.05) is 18.2 Å². The van der Waals surface area contributed by atoms with Crippen molar-refractivity contribution < 1.29 is 27.9 Å². The van der Waals surface area contributed by atoms with Gasteiger partial charge >= 0.3 is 12.1 Å². The maximum atomic E-state index is 12.4. The third-order valence-electron chi connectivity index (χ3n) is 4.86. The molecule has 2 aromatic heterocycles. The van der Waals surface area contributed by atoms with E-state index in [1.807, 2.05) is 36.5 Å². The summed E-state index contributed by atoms with van der Waals surface area (Å²) in [5.41, 5.74) is 5.29. The number of carbonyl (C=O) groups is 2. The van der Waals surface area contributed by atoms with E-state index in [2.05, 4.69) is 42.1 Å². The second-order valence-corrected chi connectivity index (χ2v) is 8.26.